The summed E-state index contributed by atoms with van der Waals surface area (Å²) in [6, 6.07) is 23.9. The molecule has 1 heteroatoms. The van der Waals surface area contributed by atoms with E-state index < -0.39 is 0 Å². The van der Waals surface area contributed by atoms with Crippen LogP contribution in [0, 0.1) is 6.92 Å². The van der Waals surface area contributed by atoms with E-state index in [1.165, 1.54) is 33.5 Å². The first-order chi connectivity index (χ1) is 11.1. The summed E-state index contributed by atoms with van der Waals surface area (Å²) < 4.78 is 0. The van der Waals surface area contributed by atoms with E-state index in [1.807, 2.05) is 0 Å². The average molecular weight is 299 g/mol. The molecule has 1 aliphatic rings. The van der Waals surface area contributed by atoms with Gasteiger partial charge in [-0.15, -0.1) is 0 Å². The van der Waals surface area contributed by atoms with Crippen molar-refractivity contribution in [3.8, 4) is 11.1 Å². The highest BCUT2D eigenvalue weighted by atomic mass is 14.9. The van der Waals surface area contributed by atoms with E-state index in [0.29, 0.717) is 0 Å². The Morgan fingerprint density at radius 3 is 2.22 bits per heavy atom. The number of hydrogen-bond donors (Lipinski definition) is 1. The fourth-order valence-corrected chi connectivity index (χ4v) is 3.65. The number of fused-ring (bicyclic) bond motifs is 3. The zero-order valence-electron chi connectivity index (χ0n) is 13.9. The molecule has 1 aliphatic carbocycles. The Morgan fingerprint density at radius 2 is 1.43 bits per heavy atom. The molecule has 0 bridgehead atoms. The van der Waals surface area contributed by atoms with Gasteiger partial charge < -0.3 is 5.32 Å². The van der Waals surface area contributed by atoms with Crippen molar-refractivity contribution in [1.29, 1.82) is 0 Å². The maximum absolute atomic E-state index is 3.61. The Kier molecular flexibility index (Phi) is 3.05. The fourth-order valence-electron chi connectivity index (χ4n) is 3.65. The van der Waals surface area contributed by atoms with Gasteiger partial charge >= 0.3 is 0 Å². The van der Waals surface area contributed by atoms with E-state index in [0.717, 1.165) is 5.69 Å². The van der Waals surface area contributed by atoms with Gasteiger partial charge in [0.05, 0.1) is 0 Å². The summed E-state index contributed by atoms with van der Waals surface area (Å²) in [4.78, 5) is 0. The SMILES string of the molecule is Cc1ccc(Nc2cccc3c2-c2ccccc2C3(C)C)cc1. The van der Waals surface area contributed by atoms with Crippen LogP contribution in [0.1, 0.15) is 30.5 Å². The Balaban J connectivity index is 1.87. The molecule has 0 aliphatic heterocycles. The van der Waals surface area contributed by atoms with Gasteiger partial charge in [0, 0.05) is 22.4 Å². The molecule has 3 aromatic carbocycles. The van der Waals surface area contributed by atoms with Gasteiger partial charge in [-0.1, -0.05) is 67.9 Å². The van der Waals surface area contributed by atoms with E-state index in [1.54, 1.807) is 0 Å². The summed E-state index contributed by atoms with van der Waals surface area (Å²) in [5.74, 6) is 0. The third-order valence-electron chi connectivity index (χ3n) is 4.94. The zero-order valence-corrected chi connectivity index (χ0v) is 13.9. The maximum Gasteiger partial charge on any atom is 0.0467 e. The minimum Gasteiger partial charge on any atom is -0.355 e. The molecule has 0 atom stereocenters. The Hall–Kier alpha value is -2.54. The van der Waals surface area contributed by atoms with Crippen LogP contribution in [0.15, 0.2) is 66.7 Å². The van der Waals surface area contributed by atoms with Crippen molar-refractivity contribution in [2.75, 3.05) is 5.32 Å². The van der Waals surface area contributed by atoms with Gasteiger partial charge in [-0.3, -0.25) is 0 Å². The summed E-state index contributed by atoms with van der Waals surface area (Å²) in [6.07, 6.45) is 0. The van der Waals surface area contributed by atoms with Crippen LogP contribution < -0.4 is 5.32 Å². The van der Waals surface area contributed by atoms with Crippen molar-refractivity contribution in [3.05, 3.63) is 83.4 Å². The molecule has 114 valence electrons. The second-order valence-electron chi connectivity index (χ2n) is 6.89. The first-order valence-electron chi connectivity index (χ1n) is 8.14. The summed E-state index contributed by atoms with van der Waals surface area (Å²) in [6.45, 7) is 6.74. The summed E-state index contributed by atoms with van der Waals surface area (Å²) in [7, 11) is 0. The third kappa shape index (κ3) is 2.16. The van der Waals surface area contributed by atoms with Gasteiger partial charge in [0.2, 0.25) is 0 Å². The third-order valence-corrected chi connectivity index (χ3v) is 4.94. The van der Waals surface area contributed by atoms with Gasteiger partial charge in [-0.2, -0.15) is 0 Å². The van der Waals surface area contributed by atoms with Crippen LogP contribution in [0.4, 0.5) is 11.4 Å². The lowest BCUT2D eigenvalue weighted by atomic mass is 9.82. The standard InChI is InChI=1S/C22H21N/c1-15-11-13-16(14-12-15)23-20-10-6-9-19-21(20)17-7-4-5-8-18(17)22(19,2)3/h4-14,23H,1-3H3. The monoisotopic (exact) mass is 299 g/mol. The summed E-state index contributed by atoms with van der Waals surface area (Å²) in [5.41, 5.74) is 9.15. The van der Waals surface area contributed by atoms with Crippen molar-refractivity contribution < 1.29 is 0 Å². The van der Waals surface area contributed by atoms with E-state index in [9.17, 15) is 0 Å². The molecule has 0 radical (unpaired) electrons. The topological polar surface area (TPSA) is 12.0 Å². The van der Waals surface area contributed by atoms with Crippen molar-refractivity contribution in [1.82, 2.24) is 0 Å². The largest absolute Gasteiger partial charge is 0.355 e. The number of benzene rings is 3. The Labute approximate surface area is 138 Å². The van der Waals surface area contributed by atoms with Gasteiger partial charge in [-0.25, -0.2) is 0 Å². The number of anilines is 2. The number of hydrogen-bond acceptors (Lipinski definition) is 1. The lowest BCUT2D eigenvalue weighted by Crippen LogP contribution is -2.14. The number of rotatable bonds is 2. The van der Waals surface area contributed by atoms with E-state index in [2.05, 4.69) is 92.8 Å². The number of nitrogens with one attached hydrogen (secondary N) is 1. The van der Waals surface area contributed by atoms with Gasteiger partial charge in [0.15, 0.2) is 0 Å². The first-order valence-corrected chi connectivity index (χ1v) is 8.14. The normalized spacial score (nSPS) is 14.2. The van der Waals surface area contributed by atoms with Gasteiger partial charge in [0.25, 0.3) is 0 Å². The van der Waals surface area contributed by atoms with Crippen LogP contribution in [0.5, 0.6) is 0 Å². The number of aryl methyl sites for hydroxylation is 1. The van der Waals surface area contributed by atoms with Crippen LogP contribution in [0.2, 0.25) is 0 Å². The highest BCUT2D eigenvalue weighted by molar-refractivity contribution is 5.91. The van der Waals surface area contributed by atoms with Crippen LogP contribution in [-0.4, -0.2) is 0 Å². The lowest BCUT2D eigenvalue weighted by molar-refractivity contribution is 0.660. The molecule has 0 saturated carbocycles. The smallest absolute Gasteiger partial charge is 0.0467 e. The molecular formula is C22H21N. The highest BCUT2D eigenvalue weighted by Crippen LogP contribution is 2.51. The Morgan fingerprint density at radius 1 is 0.739 bits per heavy atom. The molecule has 0 saturated heterocycles. The molecule has 0 fully saturated rings. The van der Waals surface area contributed by atoms with Crippen molar-refractivity contribution >= 4 is 11.4 Å². The molecule has 1 nitrogen and oxygen atoms in total. The maximum atomic E-state index is 3.61. The molecule has 3 aromatic rings. The predicted molar refractivity (Wildman–Crippen MR) is 98.5 cm³/mol. The molecule has 0 unspecified atom stereocenters. The van der Waals surface area contributed by atoms with Crippen LogP contribution in [0.3, 0.4) is 0 Å². The molecule has 0 spiro atoms. The van der Waals surface area contributed by atoms with Gasteiger partial charge in [-0.05, 0) is 41.8 Å². The minimum absolute atomic E-state index is 0.0525. The van der Waals surface area contributed by atoms with Crippen molar-refractivity contribution in [2.24, 2.45) is 0 Å². The lowest BCUT2D eigenvalue weighted by Gasteiger charge is -2.21. The van der Waals surface area contributed by atoms with Crippen molar-refractivity contribution in [3.63, 3.8) is 0 Å². The zero-order chi connectivity index (χ0) is 16.0. The van der Waals surface area contributed by atoms with Crippen LogP contribution in [-0.2, 0) is 5.41 Å². The second kappa shape index (κ2) is 4.99. The molecule has 1 N–H and O–H groups in total. The van der Waals surface area contributed by atoms with E-state index in [-0.39, 0.29) is 5.41 Å². The van der Waals surface area contributed by atoms with Crippen molar-refractivity contribution in [2.45, 2.75) is 26.2 Å². The quantitative estimate of drug-likeness (QED) is 0.608. The molecule has 0 heterocycles. The summed E-state index contributed by atoms with van der Waals surface area (Å²) >= 11 is 0. The first kappa shape index (κ1) is 14.1. The molecule has 23 heavy (non-hydrogen) atoms. The Bertz CT molecular complexity index is 873. The second-order valence-corrected chi connectivity index (χ2v) is 6.89. The van der Waals surface area contributed by atoms with Crippen LogP contribution in [0.25, 0.3) is 11.1 Å². The molecule has 4 rings (SSSR count). The average Bonchev–Trinajstić information content (AvgIpc) is 2.79. The fraction of sp³-hybridized carbons (Fsp3) is 0.182. The minimum atomic E-state index is 0.0525. The molecular weight excluding hydrogens is 278 g/mol. The highest BCUT2D eigenvalue weighted by Gasteiger charge is 2.36. The van der Waals surface area contributed by atoms with E-state index >= 15 is 0 Å². The van der Waals surface area contributed by atoms with Gasteiger partial charge in [0.1, 0.15) is 0 Å². The molecule has 0 amide bonds. The predicted octanol–water partition coefficient (Wildman–Crippen LogP) is 6.04. The summed E-state index contributed by atoms with van der Waals surface area (Å²) in [5, 5.41) is 3.61. The van der Waals surface area contributed by atoms with E-state index in [4.69, 9.17) is 0 Å². The molecule has 0 aromatic heterocycles. The van der Waals surface area contributed by atoms with Crippen LogP contribution >= 0.6 is 0 Å².